The van der Waals surface area contributed by atoms with Gasteiger partial charge in [0.05, 0.1) is 5.41 Å². The molecular weight excluding hydrogens is 369 g/mol. The fourth-order valence-electron chi connectivity index (χ4n) is 3.99. The zero-order valence-corrected chi connectivity index (χ0v) is 15.3. The Morgan fingerprint density at radius 1 is 1.25 bits per heavy atom. The Morgan fingerprint density at radius 2 is 2.00 bits per heavy atom. The summed E-state index contributed by atoms with van der Waals surface area (Å²) in [7, 11) is 0. The number of carbonyl (C=O) groups is 1. The quantitative estimate of drug-likeness (QED) is 0.709. The van der Waals surface area contributed by atoms with Crippen LogP contribution in [0.25, 0.3) is 10.9 Å². The van der Waals surface area contributed by atoms with Crippen LogP contribution in [0.5, 0.6) is 0 Å². The van der Waals surface area contributed by atoms with Crippen LogP contribution in [0.15, 0.2) is 42.6 Å². The zero-order chi connectivity index (χ0) is 20.1. The van der Waals surface area contributed by atoms with Crippen molar-refractivity contribution < 1.29 is 23.1 Å². The fourth-order valence-corrected chi connectivity index (χ4v) is 3.99. The molecule has 0 saturated carbocycles. The lowest BCUT2D eigenvalue weighted by Crippen LogP contribution is -2.37. The molecule has 146 valence electrons. The first-order valence-corrected chi connectivity index (χ1v) is 9.03. The van der Waals surface area contributed by atoms with Crippen molar-refractivity contribution in [2.24, 2.45) is 5.41 Å². The molecule has 0 spiro atoms. The summed E-state index contributed by atoms with van der Waals surface area (Å²) in [6.45, 7) is 2.13. The number of halogens is 3. The van der Waals surface area contributed by atoms with Crippen LogP contribution in [0.2, 0.25) is 0 Å². The molecule has 4 rings (SSSR count). The average molecular weight is 388 g/mol. The summed E-state index contributed by atoms with van der Waals surface area (Å²) in [6.07, 6.45) is -1.59. The monoisotopic (exact) mass is 388 g/mol. The van der Waals surface area contributed by atoms with E-state index in [1.54, 1.807) is 6.92 Å². The van der Waals surface area contributed by atoms with E-state index < -0.39 is 23.3 Å². The van der Waals surface area contributed by atoms with Gasteiger partial charge >= 0.3 is 12.1 Å². The van der Waals surface area contributed by atoms with Gasteiger partial charge < -0.3 is 9.67 Å². The van der Waals surface area contributed by atoms with Crippen LogP contribution in [-0.4, -0.2) is 20.6 Å². The summed E-state index contributed by atoms with van der Waals surface area (Å²) in [5.41, 5.74) is 2.00. The van der Waals surface area contributed by atoms with Crippen molar-refractivity contribution in [2.45, 2.75) is 38.9 Å². The van der Waals surface area contributed by atoms with Crippen LogP contribution < -0.4 is 0 Å². The third-order valence-corrected chi connectivity index (χ3v) is 5.63. The van der Waals surface area contributed by atoms with E-state index in [9.17, 15) is 23.1 Å². The Balaban J connectivity index is 1.76. The van der Waals surface area contributed by atoms with Gasteiger partial charge in [0, 0.05) is 35.8 Å². The molecule has 2 aromatic heterocycles. The molecule has 1 aliphatic rings. The van der Waals surface area contributed by atoms with Gasteiger partial charge in [-0.25, -0.2) is 0 Å². The number of alkyl halides is 3. The minimum Gasteiger partial charge on any atom is -0.481 e. The number of rotatable bonds is 3. The topological polar surface area (TPSA) is 55.1 Å². The maximum Gasteiger partial charge on any atom is 0.433 e. The predicted molar refractivity (Wildman–Crippen MR) is 98.0 cm³/mol. The number of para-hydroxylation sites is 1. The number of aliphatic carboxylic acids is 1. The lowest BCUT2D eigenvalue weighted by Gasteiger charge is -2.32. The first-order valence-electron chi connectivity index (χ1n) is 9.03. The second-order valence-corrected chi connectivity index (χ2v) is 7.62. The molecule has 1 N–H and O–H groups in total. The van der Waals surface area contributed by atoms with Crippen molar-refractivity contribution in [2.75, 3.05) is 0 Å². The number of carboxylic acids is 1. The molecule has 3 aromatic rings. The molecule has 3 heterocycles. The molecule has 0 aliphatic carbocycles. The van der Waals surface area contributed by atoms with Gasteiger partial charge in [0.25, 0.3) is 0 Å². The number of fused-ring (bicyclic) bond motifs is 3. The summed E-state index contributed by atoms with van der Waals surface area (Å²) in [5, 5.41) is 10.6. The van der Waals surface area contributed by atoms with Crippen LogP contribution in [0.3, 0.4) is 0 Å². The number of benzene rings is 1. The molecule has 28 heavy (non-hydrogen) atoms. The van der Waals surface area contributed by atoms with E-state index in [0.717, 1.165) is 28.2 Å². The van der Waals surface area contributed by atoms with E-state index in [4.69, 9.17) is 0 Å². The molecule has 1 atom stereocenters. The van der Waals surface area contributed by atoms with Crippen molar-refractivity contribution in [3.8, 4) is 0 Å². The fraction of sp³-hybridized carbons (Fsp3) is 0.333. The summed E-state index contributed by atoms with van der Waals surface area (Å²) in [5.74, 6) is -0.815. The van der Waals surface area contributed by atoms with Crippen molar-refractivity contribution in [3.63, 3.8) is 0 Å². The van der Waals surface area contributed by atoms with Gasteiger partial charge in [0.1, 0.15) is 5.69 Å². The normalized spacial score (nSPS) is 19.6. The maximum atomic E-state index is 12.8. The standard InChI is InChI=1S/C21H19F3N2O2/c1-20(19(27)28)9-8-17-15(14-4-2-3-5-16(14)26(17)12-20)10-13-6-7-18(25-11-13)21(22,23)24/h2-7,11H,8-10,12H2,1H3,(H,27,28). The van der Waals surface area contributed by atoms with Gasteiger partial charge in [0.2, 0.25) is 0 Å². The molecule has 4 nitrogen and oxygen atoms in total. The molecule has 1 unspecified atom stereocenters. The number of carboxylic acid groups (broad SMARTS) is 1. The Morgan fingerprint density at radius 3 is 2.64 bits per heavy atom. The average Bonchev–Trinajstić information content (AvgIpc) is 2.95. The lowest BCUT2D eigenvalue weighted by molar-refractivity contribution is -0.149. The van der Waals surface area contributed by atoms with Crippen LogP contribution in [-0.2, 0) is 30.4 Å². The van der Waals surface area contributed by atoms with Gasteiger partial charge in [-0.2, -0.15) is 13.2 Å². The number of hydrogen-bond acceptors (Lipinski definition) is 2. The predicted octanol–water partition coefficient (Wildman–Crippen LogP) is 4.68. The van der Waals surface area contributed by atoms with E-state index in [0.29, 0.717) is 31.4 Å². The summed E-state index contributed by atoms with van der Waals surface area (Å²) in [6, 6.07) is 10.2. The third kappa shape index (κ3) is 3.04. The van der Waals surface area contributed by atoms with Crippen molar-refractivity contribution in [1.29, 1.82) is 0 Å². The molecule has 1 aliphatic heterocycles. The van der Waals surface area contributed by atoms with Gasteiger partial charge in [0.15, 0.2) is 0 Å². The lowest BCUT2D eigenvalue weighted by atomic mass is 9.81. The first kappa shape index (κ1) is 18.5. The van der Waals surface area contributed by atoms with Crippen LogP contribution >= 0.6 is 0 Å². The zero-order valence-electron chi connectivity index (χ0n) is 15.3. The smallest absolute Gasteiger partial charge is 0.433 e. The Labute approximate surface area is 159 Å². The van der Waals surface area contributed by atoms with Gasteiger partial charge in [-0.3, -0.25) is 9.78 Å². The highest BCUT2D eigenvalue weighted by Crippen LogP contribution is 2.39. The molecule has 1 aromatic carbocycles. The van der Waals surface area contributed by atoms with Crippen molar-refractivity contribution in [3.05, 3.63) is 65.1 Å². The SMILES string of the molecule is CC1(C(=O)O)CCc2c(Cc3ccc(C(F)(F)F)nc3)c3ccccc3n2C1. The van der Waals surface area contributed by atoms with E-state index >= 15 is 0 Å². The van der Waals surface area contributed by atoms with E-state index in [-0.39, 0.29) is 0 Å². The molecule has 0 bridgehead atoms. The summed E-state index contributed by atoms with van der Waals surface area (Å²) < 4.78 is 40.3. The minimum atomic E-state index is -4.46. The summed E-state index contributed by atoms with van der Waals surface area (Å²) in [4.78, 5) is 15.3. The molecule has 0 radical (unpaired) electrons. The third-order valence-electron chi connectivity index (χ3n) is 5.63. The Hall–Kier alpha value is -2.83. The number of pyridine rings is 1. The largest absolute Gasteiger partial charge is 0.481 e. The second kappa shape index (κ2) is 6.36. The Kier molecular flexibility index (Phi) is 4.21. The molecule has 0 fully saturated rings. The molecule has 7 heteroatoms. The molecular formula is C21H19F3N2O2. The second-order valence-electron chi connectivity index (χ2n) is 7.62. The van der Waals surface area contributed by atoms with E-state index in [1.807, 2.05) is 24.3 Å². The maximum absolute atomic E-state index is 12.8. The minimum absolute atomic E-state index is 0.378. The van der Waals surface area contributed by atoms with Crippen LogP contribution in [0, 0.1) is 5.41 Å². The van der Waals surface area contributed by atoms with Gasteiger partial charge in [-0.15, -0.1) is 0 Å². The Bertz CT molecular complexity index is 1050. The number of aromatic nitrogens is 2. The highest BCUT2D eigenvalue weighted by atomic mass is 19.4. The highest BCUT2D eigenvalue weighted by Gasteiger charge is 2.39. The van der Waals surface area contributed by atoms with Gasteiger partial charge in [-0.05, 0) is 43.0 Å². The molecule has 0 amide bonds. The molecule has 0 saturated heterocycles. The van der Waals surface area contributed by atoms with E-state index in [1.165, 1.54) is 12.3 Å². The van der Waals surface area contributed by atoms with E-state index in [2.05, 4.69) is 9.55 Å². The first-order chi connectivity index (χ1) is 13.2. The van der Waals surface area contributed by atoms with Crippen LogP contribution in [0.4, 0.5) is 13.2 Å². The highest BCUT2D eigenvalue weighted by molar-refractivity contribution is 5.87. The summed E-state index contributed by atoms with van der Waals surface area (Å²) >= 11 is 0. The number of nitrogens with zero attached hydrogens (tertiary/aromatic N) is 2. The van der Waals surface area contributed by atoms with Crippen LogP contribution in [0.1, 0.15) is 35.9 Å². The van der Waals surface area contributed by atoms with Crippen molar-refractivity contribution >= 4 is 16.9 Å². The van der Waals surface area contributed by atoms with Crippen molar-refractivity contribution in [1.82, 2.24) is 9.55 Å². The van der Waals surface area contributed by atoms with Gasteiger partial charge in [-0.1, -0.05) is 24.3 Å². The number of hydrogen-bond donors (Lipinski definition) is 1.